The lowest BCUT2D eigenvalue weighted by atomic mass is 10.1. The molecule has 1 aromatic rings. The van der Waals surface area contributed by atoms with Crippen LogP contribution >= 0.6 is 12.2 Å². The number of nitrogens with two attached hydrogens (primary N) is 1. The Morgan fingerprint density at radius 3 is 2.57 bits per heavy atom. The molecule has 7 heteroatoms. The van der Waals surface area contributed by atoms with Gasteiger partial charge in [0.1, 0.15) is 4.99 Å². The van der Waals surface area contributed by atoms with Crippen molar-refractivity contribution in [2.45, 2.75) is 24.3 Å². The van der Waals surface area contributed by atoms with Crippen molar-refractivity contribution in [2.75, 3.05) is 27.2 Å². The average Bonchev–Trinajstić information content (AvgIpc) is 2.88. The van der Waals surface area contributed by atoms with Crippen LogP contribution in [0.3, 0.4) is 0 Å². The van der Waals surface area contributed by atoms with Gasteiger partial charge in [0.15, 0.2) is 0 Å². The first kappa shape index (κ1) is 16.4. The van der Waals surface area contributed by atoms with Crippen LogP contribution < -0.4 is 5.73 Å². The van der Waals surface area contributed by atoms with Gasteiger partial charge in [0.2, 0.25) is 10.0 Å². The number of hydrogen-bond donors (Lipinski definition) is 1. The van der Waals surface area contributed by atoms with Crippen LogP contribution in [0.15, 0.2) is 23.1 Å². The minimum Gasteiger partial charge on any atom is -0.389 e. The third kappa shape index (κ3) is 3.26. The van der Waals surface area contributed by atoms with Gasteiger partial charge >= 0.3 is 0 Å². The molecular weight excluding hydrogens is 306 g/mol. The highest BCUT2D eigenvalue weighted by atomic mass is 32.2. The van der Waals surface area contributed by atoms with Gasteiger partial charge in [-0.2, -0.15) is 4.31 Å². The maximum atomic E-state index is 12.7. The van der Waals surface area contributed by atoms with Gasteiger partial charge in [0.25, 0.3) is 0 Å². The zero-order valence-electron chi connectivity index (χ0n) is 12.5. The smallest absolute Gasteiger partial charge is 0.243 e. The van der Waals surface area contributed by atoms with Crippen molar-refractivity contribution in [2.24, 2.45) is 5.73 Å². The molecule has 1 saturated heterocycles. The average molecular weight is 327 g/mol. The van der Waals surface area contributed by atoms with E-state index in [1.54, 1.807) is 29.4 Å². The fourth-order valence-corrected chi connectivity index (χ4v) is 4.41. The molecule has 0 saturated carbocycles. The number of benzene rings is 1. The molecule has 1 aromatic carbocycles. The van der Waals surface area contributed by atoms with E-state index < -0.39 is 10.0 Å². The molecule has 0 amide bonds. The molecule has 2 N–H and O–H groups in total. The molecule has 2 rings (SSSR count). The predicted molar refractivity (Wildman–Crippen MR) is 87.9 cm³/mol. The molecule has 0 aromatic heterocycles. The van der Waals surface area contributed by atoms with Gasteiger partial charge in [0.05, 0.1) is 4.90 Å². The van der Waals surface area contributed by atoms with Crippen LogP contribution in [0.25, 0.3) is 0 Å². The van der Waals surface area contributed by atoms with Gasteiger partial charge < -0.3 is 10.6 Å². The Labute approximate surface area is 131 Å². The molecule has 0 aliphatic carbocycles. The molecule has 1 aliphatic heterocycles. The van der Waals surface area contributed by atoms with E-state index in [1.165, 1.54) is 0 Å². The summed E-state index contributed by atoms with van der Waals surface area (Å²) < 4.78 is 27.1. The zero-order valence-corrected chi connectivity index (χ0v) is 14.2. The lowest BCUT2D eigenvalue weighted by Crippen LogP contribution is -2.34. The van der Waals surface area contributed by atoms with Crippen molar-refractivity contribution in [3.8, 4) is 0 Å². The molecule has 0 bridgehead atoms. The second kappa shape index (κ2) is 6.00. The van der Waals surface area contributed by atoms with E-state index in [-0.39, 0.29) is 11.0 Å². The first-order valence-electron chi connectivity index (χ1n) is 6.80. The van der Waals surface area contributed by atoms with Gasteiger partial charge in [-0.3, -0.25) is 0 Å². The number of likely N-dealkylation sites (N-methyl/N-ethyl adjacent to an activating group) is 1. The number of sulfonamides is 1. The molecule has 1 aliphatic rings. The Hall–Kier alpha value is -1.02. The minimum absolute atomic E-state index is 0.274. The first-order chi connectivity index (χ1) is 9.73. The highest BCUT2D eigenvalue weighted by Gasteiger charge is 2.34. The molecule has 1 heterocycles. The van der Waals surface area contributed by atoms with E-state index in [2.05, 4.69) is 4.90 Å². The standard InChI is InChI=1S/C14H21N3O2S2/c1-10-8-11(14(15)20)4-5-13(10)21(18,19)17-7-6-12(9-17)16(2)3/h4-5,8,12H,6-7,9H2,1-3H3,(H2,15,20). The summed E-state index contributed by atoms with van der Waals surface area (Å²) in [4.78, 5) is 2.68. The zero-order chi connectivity index (χ0) is 15.8. The summed E-state index contributed by atoms with van der Waals surface area (Å²) in [6.45, 7) is 2.86. The van der Waals surface area contributed by atoms with Gasteiger partial charge in [-0.05, 0) is 45.1 Å². The SMILES string of the molecule is Cc1cc(C(N)=S)ccc1S(=O)(=O)N1CCC(N(C)C)C1. The van der Waals surface area contributed by atoms with E-state index in [1.807, 2.05) is 14.1 Å². The van der Waals surface area contributed by atoms with E-state index in [4.69, 9.17) is 18.0 Å². The van der Waals surface area contributed by atoms with E-state index in [9.17, 15) is 8.42 Å². The van der Waals surface area contributed by atoms with E-state index >= 15 is 0 Å². The highest BCUT2D eigenvalue weighted by Crippen LogP contribution is 2.25. The van der Waals surface area contributed by atoms with Crippen molar-refractivity contribution < 1.29 is 8.42 Å². The number of thiocarbonyl (C=S) groups is 1. The van der Waals surface area contributed by atoms with Crippen molar-refractivity contribution in [3.05, 3.63) is 29.3 Å². The molecule has 0 spiro atoms. The Balaban J connectivity index is 2.31. The van der Waals surface area contributed by atoms with Gasteiger partial charge in [-0.15, -0.1) is 0 Å². The number of aryl methyl sites for hydroxylation is 1. The largest absolute Gasteiger partial charge is 0.389 e. The first-order valence-corrected chi connectivity index (χ1v) is 8.65. The molecule has 5 nitrogen and oxygen atoms in total. The molecule has 21 heavy (non-hydrogen) atoms. The molecular formula is C14H21N3O2S2. The lowest BCUT2D eigenvalue weighted by molar-refractivity contribution is 0.302. The summed E-state index contributed by atoms with van der Waals surface area (Å²) in [5.74, 6) is 0. The Morgan fingerprint density at radius 2 is 2.10 bits per heavy atom. The van der Waals surface area contributed by atoms with Gasteiger partial charge in [-0.1, -0.05) is 18.3 Å². The number of rotatable bonds is 4. The summed E-state index contributed by atoms with van der Waals surface area (Å²) in [5.41, 5.74) is 6.95. The normalized spacial score (nSPS) is 20.1. The molecule has 0 radical (unpaired) electrons. The number of hydrogen-bond acceptors (Lipinski definition) is 4. The summed E-state index contributed by atoms with van der Waals surface area (Å²) in [7, 11) is 0.495. The Morgan fingerprint density at radius 1 is 1.43 bits per heavy atom. The predicted octanol–water partition coefficient (Wildman–Crippen LogP) is 0.954. The second-order valence-electron chi connectivity index (χ2n) is 5.61. The van der Waals surface area contributed by atoms with Crippen molar-refractivity contribution in [3.63, 3.8) is 0 Å². The van der Waals surface area contributed by atoms with Crippen molar-refractivity contribution in [1.82, 2.24) is 9.21 Å². The van der Waals surface area contributed by atoms with Crippen LogP contribution in [-0.2, 0) is 10.0 Å². The quantitative estimate of drug-likeness (QED) is 0.834. The monoisotopic (exact) mass is 327 g/mol. The lowest BCUT2D eigenvalue weighted by Gasteiger charge is -2.21. The summed E-state index contributed by atoms with van der Waals surface area (Å²) >= 11 is 4.92. The number of nitrogens with zero attached hydrogens (tertiary/aromatic N) is 2. The third-order valence-corrected chi connectivity index (χ3v) is 6.19. The fourth-order valence-electron chi connectivity index (χ4n) is 2.58. The van der Waals surface area contributed by atoms with Gasteiger partial charge in [-0.25, -0.2) is 8.42 Å². The molecule has 1 atom stereocenters. The van der Waals surface area contributed by atoms with E-state index in [0.717, 1.165) is 6.42 Å². The van der Waals surface area contributed by atoms with Crippen LogP contribution in [0.4, 0.5) is 0 Å². The maximum Gasteiger partial charge on any atom is 0.243 e. The van der Waals surface area contributed by atoms with Crippen LogP contribution in [0.2, 0.25) is 0 Å². The topological polar surface area (TPSA) is 66.6 Å². The molecule has 1 fully saturated rings. The van der Waals surface area contributed by atoms with Crippen LogP contribution in [-0.4, -0.2) is 55.8 Å². The van der Waals surface area contributed by atoms with Crippen molar-refractivity contribution in [1.29, 1.82) is 0 Å². The van der Waals surface area contributed by atoms with E-state index in [0.29, 0.717) is 29.1 Å². The third-order valence-electron chi connectivity index (χ3n) is 3.93. The van der Waals surface area contributed by atoms with Gasteiger partial charge in [0, 0.05) is 24.7 Å². The summed E-state index contributed by atoms with van der Waals surface area (Å²) in [5, 5.41) is 0. The van der Waals surface area contributed by atoms with Crippen LogP contribution in [0, 0.1) is 6.92 Å². The second-order valence-corrected chi connectivity index (χ2v) is 7.96. The summed E-state index contributed by atoms with van der Waals surface area (Å²) in [6, 6.07) is 5.27. The Bertz CT molecular complexity index is 656. The summed E-state index contributed by atoms with van der Waals surface area (Å²) in [6.07, 6.45) is 0.857. The maximum absolute atomic E-state index is 12.7. The van der Waals surface area contributed by atoms with Crippen molar-refractivity contribution >= 4 is 27.2 Å². The highest BCUT2D eigenvalue weighted by molar-refractivity contribution is 7.89. The Kier molecular flexibility index (Phi) is 4.67. The van der Waals surface area contributed by atoms with Crippen LogP contribution in [0.1, 0.15) is 17.5 Å². The van der Waals surface area contributed by atoms with Crippen LogP contribution in [0.5, 0.6) is 0 Å². The molecule has 1 unspecified atom stereocenters. The fraction of sp³-hybridized carbons (Fsp3) is 0.500. The molecule has 116 valence electrons. The minimum atomic E-state index is -3.46.